The van der Waals surface area contributed by atoms with E-state index in [0.29, 0.717) is 19.5 Å². The Kier molecular flexibility index (Phi) is 6.12. The standard InChI is InChI=1S/C16H19N3O2S.ClH/c1-10-15(22-9-19-10)12-4-2-11(3-5-12)7-18-16(21)14-6-13(20)8-17-14;/h2-5,9,13-14,17,20H,6-8H2,1H3,(H,18,21);1H/t13-,14+;/m1./s1. The first-order valence-electron chi connectivity index (χ1n) is 7.32. The SMILES string of the molecule is Cc1ncsc1-c1ccc(CNC(=O)[C@@H]2C[C@@H](O)CN2)cc1.Cl. The highest BCUT2D eigenvalue weighted by atomic mass is 35.5. The van der Waals surface area contributed by atoms with Crippen LogP contribution in [0.25, 0.3) is 10.4 Å². The summed E-state index contributed by atoms with van der Waals surface area (Å²) in [5.41, 5.74) is 5.09. The minimum atomic E-state index is -0.419. The number of hydrogen-bond acceptors (Lipinski definition) is 5. The summed E-state index contributed by atoms with van der Waals surface area (Å²) in [6.45, 7) is 2.99. The normalized spacial score (nSPS) is 20.1. The van der Waals surface area contributed by atoms with Gasteiger partial charge in [0.15, 0.2) is 0 Å². The summed E-state index contributed by atoms with van der Waals surface area (Å²) in [5, 5.41) is 15.3. The molecule has 0 aliphatic carbocycles. The third-order valence-electron chi connectivity index (χ3n) is 3.85. The van der Waals surface area contributed by atoms with Crippen molar-refractivity contribution in [1.29, 1.82) is 0 Å². The number of aliphatic hydroxyl groups excluding tert-OH is 1. The van der Waals surface area contributed by atoms with Crippen molar-refractivity contribution >= 4 is 29.7 Å². The summed E-state index contributed by atoms with van der Waals surface area (Å²) in [6.07, 6.45) is 0.0628. The van der Waals surface area contributed by atoms with Crippen molar-refractivity contribution in [3.05, 3.63) is 41.0 Å². The van der Waals surface area contributed by atoms with Gasteiger partial charge in [0, 0.05) is 13.1 Å². The summed E-state index contributed by atoms with van der Waals surface area (Å²) in [7, 11) is 0. The Morgan fingerprint density at radius 3 is 2.74 bits per heavy atom. The van der Waals surface area contributed by atoms with Gasteiger partial charge < -0.3 is 15.7 Å². The molecule has 0 spiro atoms. The molecule has 1 amide bonds. The number of aryl methyl sites for hydroxylation is 1. The van der Waals surface area contributed by atoms with Crippen LogP contribution in [0, 0.1) is 6.92 Å². The number of thiazole rings is 1. The molecular weight excluding hydrogens is 334 g/mol. The topological polar surface area (TPSA) is 74.2 Å². The van der Waals surface area contributed by atoms with Crippen LogP contribution in [0.3, 0.4) is 0 Å². The van der Waals surface area contributed by atoms with E-state index in [2.05, 4.69) is 27.8 Å². The summed E-state index contributed by atoms with van der Waals surface area (Å²) in [5.74, 6) is -0.0565. The molecule has 3 N–H and O–H groups in total. The van der Waals surface area contributed by atoms with Crippen LogP contribution < -0.4 is 10.6 Å². The van der Waals surface area contributed by atoms with E-state index < -0.39 is 6.10 Å². The molecule has 2 aromatic rings. The van der Waals surface area contributed by atoms with Gasteiger partial charge in [-0.25, -0.2) is 4.98 Å². The lowest BCUT2D eigenvalue weighted by atomic mass is 10.1. The quantitative estimate of drug-likeness (QED) is 0.784. The van der Waals surface area contributed by atoms with E-state index in [9.17, 15) is 9.90 Å². The number of amides is 1. The predicted molar refractivity (Wildman–Crippen MR) is 93.8 cm³/mol. The number of nitrogens with one attached hydrogen (secondary N) is 2. The molecule has 124 valence electrons. The molecule has 1 aromatic carbocycles. The zero-order chi connectivity index (χ0) is 15.5. The largest absolute Gasteiger partial charge is 0.392 e. The van der Waals surface area contributed by atoms with Gasteiger partial charge in [-0.3, -0.25) is 4.79 Å². The Morgan fingerprint density at radius 2 is 2.17 bits per heavy atom. The van der Waals surface area contributed by atoms with Crippen LogP contribution in [0.1, 0.15) is 17.7 Å². The molecule has 1 aromatic heterocycles. The van der Waals surface area contributed by atoms with Gasteiger partial charge >= 0.3 is 0 Å². The summed E-state index contributed by atoms with van der Waals surface area (Å²) in [4.78, 5) is 17.4. The molecule has 23 heavy (non-hydrogen) atoms. The first-order chi connectivity index (χ1) is 10.6. The lowest BCUT2D eigenvalue weighted by molar-refractivity contribution is -0.123. The van der Waals surface area contributed by atoms with Gasteiger partial charge in [0.05, 0.1) is 28.2 Å². The van der Waals surface area contributed by atoms with Crippen LogP contribution in [0.5, 0.6) is 0 Å². The van der Waals surface area contributed by atoms with E-state index >= 15 is 0 Å². The molecule has 0 unspecified atom stereocenters. The van der Waals surface area contributed by atoms with E-state index in [-0.39, 0.29) is 24.4 Å². The predicted octanol–water partition coefficient (Wildman–Crippen LogP) is 1.88. The molecule has 2 atom stereocenters. The fraction of sp³-hybridized carbons (Fsp3) is 0.375. The van der Waals surface area contributed by atoms with Crippen molar-refractivity contribution < 1.29 is 9.90 Å². The number of aromatic nitrogens is 1. The number of benzene rings is 1. The molecule has 1 saturated heterocycles. The average molecular weight is 354 g/mol. The fourth-order valence-corrected chi connectivity index (χ4v) is 3.39. The van der Waals surface area contributed by atoms with Crippen molar-refractivity contribution in [3.8, 4) is 10.4 Å². The Bertz CT molecular complexity index is 660. The number of carbonyl (C=O) groups is 1. The average Bonchev–Trinajstić information content (AvgIpc) is 3.14. The number of hydrogen-bond donors (Lipinski definition) is 3. The minimum Gasteiger partial charge on any atom is -0.392 e. The molecule has 1 fully saturated rings. The molecule has 2 heterocycles. The van der Waals surface area contributed by atoms with Crippen molar-refractivity contribution in [2.75, 3.05) is 6.54 Å². The van der Waals surface area contributed by atoms with Gasteiger partial charge in [0.2, 0.25) is 5.91 Å². The van der Waals surface area contributed by atoms with Crippen LogP contribution in [-0.2, 0) is 11.3 Å². The third-order valence-corrected chi connectivity index (χ3v) is 4.83. The van der Waals surface area contributed by atoms with Gasteiger partial charge in [-0.05, 0) is 24.5 Å². The molecule has 7 heteroatoms. The Hall–Kier alpha value is -1.47. The lowest BCUT2D eigenvalue weighted by Crippen LogP contribution is -2.39. The molecule has 3 rings (SSSR count). The van der Waals surface area contributed by atoms with Crippen LogP contribution in [-0.4, -0.2) is 34.7 Å². The Balaban J connectivity index is 0.00000192. The van der Waals surface area contributed by atoms with Crippen LogP contribution >= 0.6 is 23.7 Å². The molecule has 1 aliphatic rings. The van der Waals surface area contributed by atoms with E-state index in [4.69, 9.17) is 0 Å². The van der Waals surface area contributed by atoms with Gasteiger partial charge in [-0.15, -0.1) is 23.7 Å². The number of rotatable bonds is 4. The summed E-state index contributed by atoms with van der Waals surface area (Å²) in [6, 6.07) is 7.87. The van der Waals surface area contributed by atoms with Crippen LogP contribution in [0.2, 0.25) is 0 Å². The third kappa shape index (κ3) is 4.29. The van der Waals surface area contributed by atoms with Gasteiger partial charge in [0.1, 0.15) is 0 Å². The van der Waals surface area contributed by atoms with E-state index in [1.54, 1.807) is 11.3 Å². The number of halogens is 1. The van der Waals surface area contributed by atoms with Gasteiger partial charge in [0.25, 0.3) is 0 Å². The van der Waals surface area contributed by atoms with Gasteiger partial charge in [-0.1, -0.05) is 24.3 Å². The second-order valence-corrected chi connectivity index (χ2v) is 6.39. The van der Waals surface area contributed by atoms with E-state index in [1.807, 2.05) is 24.6 Å². The molecule has 0 bridgehead atoms. The monoisotopic (exact) mass is 353 g/mol. The maximum atomic E-state index is 12.0. The van der Waals surface area contributed by atoms with Crippen LogP contribution in [0.15, 0.2) is 29.8 Å². The van der Waals surface area contributed by atoms with Crippen LogP contribution in [0.4, 0.5) is 0 Å². The smallest absolute Gasteiger partial charge is 0.237 e. The van der Waals surface area contributed by atoms with Crippen molar-refractivity contribution in [2.45, 2.75) is 32.0 Å². The molecule has 5 nitrogen and oxygen atoms in total. The number of nitrogens with zero attached hydrogens (tertiary/aromatic N) is 1. The highest BCUT2D eigenvalue weighted by molar-refractivity contribution is 7.13. The highest BCUT2D eigenvalue weighted by Gasteiger charge is 2.27. The molecule has 0 saturated carbocycles. The van der Waals surface area contributed by atoms with Gasteiger partial charge in [-0.2, -0.15) is 0 Å². The van der Waals surface area contributed by atoms with E-state index in [0.717, 1.165) is 16.8 Å². The first kappa shape index (κ1) is 17.9. The maximum absolute atomic E-state index is 12.0. The molecule has 1 aliphatic heterocycles. The van der Waals surface area contributed by atoms with E-state index in [1.165, 1.54) is 4.88 Å². The number of aliphatic hydroxyl groups is 1. The Morgan fingerprint density at radius 1 is 1.43 bits per heavy atom. The Labute approximate surface area is 145 Å². The fourth-order valence-electron chi connectivity index (χ4n) is 2.58. The molecular formula is C16H20ClN3O2S. The van der Waals surface area contributed by atoms with Crippen molar-refractivity contribution in [1.82, 2.24) is 15.6 Å². The van der Waals surface area contributed by atoms with Crippen molar-refractivity contribution in [2.24, 2.45) is 0 Å². The second kappa shape index (κ2) is 7.88. The first-order valence-corrected chi connectivity index (χ1v) is 8.20. The summed E-state index contributed by atoms with van der Waals surface area (Å²) < 4.78 is 0. The summed E-state index contributed by atoms with van der Waals surface area (Å²) >= 11 is 1.63. The maximum Gasteiger partial charge on any atom is 0.237 e. The van der Waals surface area contributed by atoms with Crippen molar-refractivity contribution in [3.63, 3.8) is 0 Å². The zero-order valence-electron chi connectivity index (χ0n) is 12.8. The molecule has 0 radical (unpaired) electrons. The highest BCUT2D eigenvalue weighted by Crippen LogP contribution is 2.27. The zero-order valence-corrected chi connectivity index (χ0v) is 14.4. The lowest BCUT2D eigenvalue weighted by Gasteiger charge is -2.11. The second-order valence-electron chi connectivity index (χ2n) is 5.53. The number of β-amino-alcohol motifs (C(OH)–C–C–N with tert-alkyl or cyclic N) is 1. The number of carbonyl (C=O) groups excluding carboxylic acids is 1. The minimum absolute atomic E-state index is 0.